The van der Waals surface area contributed by atoms with Gasteiger partial charge in [-0.15, -0.1) is 0 Å². The van der Waals surface area contributed by atoms with Crippen molar-refractivity contribution in [3.05, 3.63) is 94.3 Å². The molecular weight excluding hydrogens is 540 g/mol. The van der Waals surface area contributed by atoms with E-state index in [1.54, 1.807) is 48.5 Å². The minimum atomic E-state index is -0.535. The molecule has 0 unspecified atom stereocenters. The maximum atomic E-state index is 10.6. The SMILES string of the molecule is CC(C)Oc1cc(Oc2ccc(N)cn2)ccc1C#N.CC(C)Oc1cc(Oc2ccc([N+](=O)[O-])cn2)ccc1C#N. The molecule has 12 nitrogen and oxygen atoms in total. The summed E-state index contributed by atoms with van der Waals surface area (Å²) in [5, 5.41) is 28.7. The van der Waals surface area contributed by atoms with E-state index >= 15 is 0 Å². The van der Waals surface area contributed by atoms with Gasteiger partial charge in [0.1, 0.15) is 41.3 Å². The molecule has 214 valence electrons. The molecule has 4 rings (SSSR count). The molecule has 0 amide bonds. The normalized spacial score (nSPS) is 10.1. The highest BCUT2D eigenvalue weighted by Crippen LogP contribution is 2.30. The first-order valence-electron chi connectivity index (χ1n) is 12.7. The molecule has 0 atom stereocenters. The first-order valence-corrected chi connectivity index (χ1v) is 12.7. The number of hydrogen-bond donors (Lipinski definition) is 1. The van der Waals surface area contributed by atoms with Gasteiger partial charge in [-0.3, -0.25) is 10.1 Å². The molecule has 0 spiro atoms. The minimum Gasteiger partial charge on any atom is -0.489 e. The lowest BCUT2D eigenvalue weighted by Crippen LogP contribution is -2.06. The first kappa shape index (κ1) is 30.7. The van der Waals surface area contributed by atoms with Crippen LogP contribution in [0.5, 0.6) is 34.8 Å². The fraction of sp³-hybridized carbons (Fsp3) is 0.200. The van der Waals surface area contributed by atoms with Gasteiger partial charge in [-0.1, -0.05) is 0 Å². The molecule has 2 N–H and O–H groups in total. The monoisotopic (exact) mass is 568 g/mol. The third-order valence-corrected chi connectivity index (χ3v) is 5.01. The molecular formula is C30H28N6O6. The molecule has 0 radical (unpaired) electrons. The Morgan fingerprint density at radius 2 is 1.24 bits per heavy atom. The number of rotatable bonds is 9. The van der Waals surface area contributed by atoms with Crippen LogP contribution < -0.4 is 24.7 Å². The highest BCUT2D eigenvalue weighted by molar-refractivity contribution is 5.49. The Bertz CT molecular complexity index is 1590. The molecule has 42 heavy (non-hydrogen) atoms. The van der Waals surface area contributed by atoms with E-state index < -0.39 is 4.92 Å². The first-order chi connectivity index (χ1) is 20.1. The van der Waals surface area contributed by atoms with Gasteiger partial charge in [-0.05, 0) is 58.0 Å². The van der Waals surface area contributed by atoms with Crippen LogP contribution in [0.4, 0.5) is 11.4 Å². The smallest absolute Gasteiger partial charge is 0.287 e. The van der Waals surface area contributed by atoms with Gasteiger partial charge in [0.15, 0.2) is 0 Å². The van der Waals surface area contributed by atoms with Crippen LogP contribution in [0.2, 0.25) is 0 Å². The van der Waals surface area contributed by atoms with Crippen LogP contribution in [0.25, 0.3) is 0 Å². The van der Waals surface area contributed by atoms with Gasteiger partial charge in [-0.2, -0.15) is 10.5 Å². The lowest BCUT2D eigenvalue weighted by atomic mass is 10.2. The fourth-order valence-corrected chi connectivity index (χ4v) is 3.25. The van der Waals surface area contributed by atoms with E-state index in [1.165, 1.54) is 18.3 Å². The van der Waals surface area contributed by atoms with Crippen LogP contribution in [0, 0.1) is 32.8 Å². The molecule has 12 heteroatoms. The molecule has 2 aromatic heterocycles. The number of nitrogen functional groups attached to an aromatic ring is 1. The fourth-order valence-electron chi connectivity index (χ4n) is 3.25. The second-order valence-corrected chi connectivity index (χ2v) is 9.12. The Labute approximate surface area is 242 Å². The lowest BCUT2D eigenvalue weighted by Gasteiger charge is -2.12. The highest BCUT2D eigenvalue weighted by Gasteiger charge is 2.11. The van der Waals surface area contributed by atoms with E-state index in [9.17, 15) is 10.1 Å². The van der Waals surface area contributed by atoms with Crippen molar-refractivity contribution in [3.63, 3.8) is 0 Å². The molecule has 0 saturated heterocycles. The Balaban J connectivity index is 0.000000231. The maximum absolute atomic E-state index is 10.6. The molecule has 2 heterocycles. The summed E-state index contributed by atoms with van der Waals surface area (Å²) in [6.45, 7) is 7.51. The van der Waals surface area contributed by atoms with Gasteiger partial charge in [0.2, 0.25) is 11.8 Å². The number of nitrogens with two attached hydrogens (primary N) is 1. The topological polar surface area (TPSA) is 179 Å². The summed E-state index contributed by atoms with van der Waals surface area (Å²) in [6.07, 6.45) is 2.53. The Hall–Kier alpha value is -5.88. The number of nitriles is 2. The van der Waals surface area contributed by atoms with Crippen LogP contribution in [0.3, 0.4) is 0 Å². The van der Waals surface area contributed by atoms with E-state index in [0.29, 0.717) is 45.7 Å². The highest BCUT2D eigenvalue weighted by atomic mass is 16.6. The molecule has 4 aromatic rings. The Kier molecular flexibility index (Phi) is 10.6. The van der Waals surface area contributed by atoms with Crippen molar-refractivity contribution >= 4 is 11.4 Å². The van der Waals surface area contributed by atoms with E-state index in [-0.39, 0.29) is 23.8 Å². The number of nitro groups is 1. The quantitative estimate of drug-likeness (QED) is 0.171. The van der Waals surface area contributed by atoms with Gasteiger partial charge in [0.25, 0.3) is 5.69 Å². The predicted molar refractivity (Wildman–Crippen MR) is 154 cm³/mol. The molecule has 0 saturated carbocycles. The van der Waals surface area contributed by atoms with Crippen LogP contribution in [-0.2, 0) is 0 Å². The summed E-state index contributed by atoms with van der Waals surface area (Å²) in [4.78, 5) is 17.9. The average Bonchev–Trinajstić information content (AvgIpc) is 2.95. The van der Waals surface area contributed by atoms with Gasteiger partial charge in [-0.25, -0.2) is 9.97 Å². The van der Waals surface area contributed by atoms with Gasteiger partial charge < -0.3 is 24.7 Å². The zero-order valence-electron chi connectivity index (χ0n) is 23.3. The van der Waals surface area contributed by atoms with Crippen LogP contribution >= 0.6 is 0 Å². The van der Waals surface area contributed by atoms with Crippen molar-refractivity contribution < 1.29 is 23.9 Å². The van der Waals surface area contributed by atoms with Gasteiger partial charge in [0, 0.05) is 30.3 Å². The molecule has 0 aliphatic heterocycles. The Morgan fingerprint density at radius 1 is 0.762 bits per heavy atom. The molecule has 2 aromatic carbocycles. The second kappa shape index (κ2) is 14.5. The van der Waals surface area contributed by atoms with Crippen molar-refractivity contribution in [1.82, 2.24) is 9.97 Å². The lowest BCUT2D eigenvalue weighted by molar-refractivity contribution is -0.385. The maximum Gasteiger partial charge on any atom is 0.287 e. The number of nitrogens with zero attached hydrogens (tertiary/aromatic N) is 5. The summed E-state index contributed by atoms with van der Waals surface area (Å²) >= 11 is 0. The van der Waals surface area contributed by atoms with Gasteiger partial charge >= 0.3 is 0 Å². The average molecular weight is 569 g/mol. The third-order valence-electron chi connectivity index (χ3n) is 5.01. The Morgan fingerprint density at radius 3 is 1.60 bits per heavy atom. The largest absolute Gasteiger partial charge is 0.489 e. The van der Waals surface area contributed by atoms with Crippen molar-refractivity contribution in [2.75, 3.05) is 5.73 Å². The molecule has 0 bridgehead atoms. The minimum absolute atomic E-state index is 0.0213. The second-order valence-electron chi connectivity index (χ2n) is 9.12. The standard InChI is InChI=1S/C15H13N3O4.C15H15N3O2/c1-10(2)21-14-7-13(5-3-11(14)8-16)22-15-6-4-12(9-17-15)18(19)20;1-10(2)19-14-7-13(5-3-11(14)8-16)20-15-6-4-12(17)9-18-15/h3-7,9-10H,1-2H3;3-7,9-10H,17H2,1-2H3. The van der Waals surface area contributed by atoms with E-state index in [1.807, 2.05) is 33.8 Å². The number of aromatic nitrogens is 2. The summed E-state index contributed by atoms with van der Waals surface area (Å²) < 4.78 is 22.3. The van der Waals surface area contributed by atoms with E-state index in [0.717, 1.165) is 6.20 Å². The van der Waals surface area contributed by atoms with Crippen molar-refractivity contribution in [2.45, 2.75) is 39.9 Å². The van der Waals surface area contributed by atoms with Gasteiger partial charge in [0.05, 0.1) is 40.1 Å². The number of pyridine rings is 2. The van der Waals surface area contributed by atoms with E-state index in [2.05, 4.69) is 16.0 Å². The number of hydrogen-bond acceptors (Lipinski definition) is 11. The molecule has 0 fully saturated rings. The van der Waals surface area contributed by atoms with Crippen molar-refractivity contribution in [2.24, 2.45) is 0 Å². The zero-order chi connectivity index (χ0) is 30.6. The van der Waals surface area contributed by atoms with Crippen LogP contribution in [0.15, 0.2) is 73.1 Å². The summed E-state index contributed by atoms with van der Waals surface area (Å²) in [5.74, 6) is 2.53. The summed E-state index contributed by atoms with van der Waals surface area (Å²) in [7, 11) is 0. The van der Waals surface area contributed by atoms with E-state index in [4.69, 9.17) is 35.2 Å². The predicted octanol–water partition coefficient (Wildman–Crippen LogP) is 6.56. The van der Waals surface area contributed by atoms with Crippen molar-refractivity contribution in [3.8, 4) is 46.9 Å². The summed E-state index contributed by atoms with van der Waals surface area (Å²) in [6, 6.07) is 20.0. The third kappa shape index (κ3) is 9.10. The molecule has 0 aliphatic rings. The van der Waals surface area contributed by atoms with Crippen molar-refractivity contribution in [1.29, 1.82) is 10.5 Å². The molecule has 0 aliphatic carbocycles. The summed E-state index contributed by atoms with van der Waals surface area (Å²) in [5.41, 5.74) is 6.89. The van der Waals surface area contributed by atoms with Crippen LogP contribution in [-0.4, -0.2) is 27.1 Å². The van der Waals surface area contributed by atoms with Crippen LogP contribution in [0.1, 0.15) is 38.8 Å². The number of ether oxygens (including phenoxy) is 4. The number of benzene rings is 2. The zero-order valence-corrected chi connectivity index (χ0v) is 23.3. The number of anilines is 1.